The third kappa shape index (κ3) is 3.82. The summed E-state index contributed by atoms with van der Waals surface area (Å²) in [6, 6.07) is 2.79. The van der Waals surface area contributed by atoms with Gasteiger partial charge in [0.15, 0.2) is 0 Å². The molecule has 0 amide bonds. The number of hydrogen-bond donors (Lipinski definition) is 1. The van der Waals surface area contributed by atoms with Gasteiger partial charge >= 0.3 is 0 Å². The maximum Gasteiger partial charge on any atom is 0.0492 e. The number of nitrogens with zero attached hydrogens (tertiary/aromatic N) is 2. The van der Waals surface area contributed by atoms with Crippen molar-refractivity contribution in [1.82, 2.24) is 15.1 Å². The van der Waals surface area contributed by atoms with Crippen LogP contribution in [-0.4, -0.2) is 22.9 Å². The maximum atomic E-state index is 4.25. The van der Waals surface area contributed by atoms with E-state index in [1.165, 1.54) is 37.8 Å². The van der Waals surface area contributed by atoms with Crippen LogP contribution in [0.3, 0.4) is 0 Å². The summed E-state index contributed by atoms with van der Waals surface area (Å²) in [5.41, 5.74) is 1.91. The summed E-state index contributed by atoms with van der Waals surface area (Å²) in [5.74, 6) is 0.853. The quantitative estimate of drug-likeness (QED) is 0.884. The van der Waals surface area contributed by atoms with Crippen molar-refractivity contribution in [2.75, 3.05) is 7.05 Å². The van der Waals surface area contributed by atoms with Crippen molar-refractivity contribution in [1.29, 1.82) is 0 Å². The van der Waals surface area contributed by atoms with E-state index in [-0.39, 0.29) is 0 Å². The summed E-state index contributed by atoms with van der Waals surface area (Å²) in [7, 11) is 4.15. The standard InChI is InChI=1S/C16H29N3/c1-16(2)10-7-13(8-11-16)15(17-3)6-5-14-9-12-18-19(14)4/h9,12-13,15,17H,5-8,10-11H2,1-4H3. The van der Waals surface area contributed by atoms with Crippen molar-refractivity contribution in [3.8, 4) is 0 Å². The normalized spacial score (nSPS) is 21.5. The molecule has 19 heavy (non-hydrogen) atoms. The van der Waals surface area contributed by atoms with Crippen LogP contribution < -0.4 is 5.32 Å². The Morgan fingerprint density at radius 1 is 1.42 bits per heavy atom. The Hall–Kier alpha value is -0.830. The lowest BCUT2D eigenvalue weighted by molar-refractivity contribution is 0.160. The first-order valence-electron chi connectivity index (χ1n) is 7.66. The van der Waals surface area contributed by atoms with Gasteiger partial charge in [-0.1, -0.05) is 13.8 Å². The first kappa shape index (κ1) is 14.6. The molecule has 1 aromatic rings. The summed E-state index contributed by atoms with van der Waals surface area (Å²) >= 11 is 0. The molecule has 1 heterocycles. The predicted octanol–water partition coefficient (Wildman–Crippen LogP) is 3.16. The molecule has 0 aliphatic heterocycles. The molecule has 108 valence electrons. The highest BCUT2D eigenvalue weighted by molar-refractivity contribution is 5.01. The fourth-order valence-corrected chi connectivity index (χ4v) is 3.39. The van der Waals surface area contributed by atoms with Crippen molar-refractivity contribution in [2.24, 2.45) is 18.4 Å². The molecule has 0 bridgehead atoms. The number of hydrogen-bond acceptors (Lipinski definition) is 2. The molecule has 2 rings (SSSR count). The molecular weight excluding hydrogens is 234 g/mol. The van der Waals surface area contributed by atoms with E-state index in [2.05, 4.69) is 37.4 Å². The highest BCUT2D eigenvalue weighted by atomic mass is 15.2. The summed E-state index contributed by atoms with van der Waals surface area (Å²) < 4.78 is 2.00. The SMILES string of the molecule is CNC(CCc1ccnn1C)C1CCC(C)(C)CC1. The summed E-state index contributed by atoms with van der Waals surface area (Å²) in [6.45, 7) is 4.82. The van der Waals surface area contributed by atoms with E-state index in [0.29, 0.717) is 11.5 Å². The Kier molecular flexibility index (Phi) is 4.67. The Labute approximate surface area is 117 Å². The van der Waals surface area contributed by atoms with E-state index in [1.807, 2.05) is 17.9 Å². The third-order valence-corrected chi connectivity index (χ3v) is 4.96. The van der Waals surface area contributed by atoms with Gasteiger partial charge in [0.1, 0.15) is 0 Å². The van der Waals surface area contributed by atoms with Gasteiger partial charge in [-0.05, 0) is 63.0 Å². The van der Waals surface area contributed by atoms with Crippen LogP contribution in [0.15, 0.2) is 12.3 Å². The number of nitrogens with one attached hydrogen (secondary N) is 1. The number of aryl methyl sites for hydroxylation is 2. The number of rotatable bonds is 5. The van der Waals surface area contributed by atoms with Gasteiger partial charge in [0.25, 0.3) is 0 Å². The van der Waals surface area contributed by atoms with Crippen LogP contribution >= 0.6 is 0 Å². The molecule has 1 N–H and O–H groups in total. The molecule has 1 fully saturated rings. The van der Waals surface area contributed by atoms with Gasteiger partial charge in [0, 0.05) is 25.0 Å². The Bertz CT molecular complexity index is 384. The van der Waals surface area contributed by atoms with E-state index in [1.54, 1.807) is 0 Å². The molecule has 1 atom stereocenters. The van der Waals surface area contributed by atoms with Gasteiger partial charge in [-0.2, -0.15) is 5.10 Å². The van der Waals surface area contributed by atoms with Crippen molar-refractivity contribution in [3.63, 3.8) is 0 Å². The molecule has 0 saturated heterocycles. The summed E-state index contributed by atoms with van der Waals surface area (Å²) in [6.07, 6.45) is 9.76. The van der Waals surface area contributed by atoms with E-state index in [4.69, 9.17) is 0 Å². The Morgan fingerprint density at radius 3 is 2.63 bits per heavy atom. The molecule has 1 aromatic heterocycles. The highest BCUT2D eigenvalue weighted by Crippen LogP contribution is 2.39. The van der Waals surface area contributed by atoms with Crippen LogP contribution in [0.5, 0.6) is 0 Å². The highest BCUT2D eigenvalue weighted by Gasteiger charge is 2.30. The fraction of sp³-hybridized carbons (Fsp3) is 0.812. The summed E-state index contributed by atoms with van der Waals surface area (Å²) in [5, 5.41) is 7.80. The topological polar surface area (TPSA) is 29.9 Å². The summed E-state index contributed by atoms with van der Waals surface area (Å²) in [4.78, 5) is 0. The van der Waals surface area contributed by atoms with E-state index in [0.717, 1.165) is 12.3 Å². The zero-order valence-electron chi connectivity index (χ0n) is 12.9. The van der Waals surface area contributed by atoms with Crippen LogP contribution in [0.2, 0.25) is 0 Å². The second-order valence-corrected chi connectivity index (χ2v) is 6.88. The van der Waals surface area contributed by atoms with Crippen molar-refractivity contribution < 1.29 is 0 Å². The molecule has 1 aliphatic rings. The molecule has 1 unspecified atom stereocenters. The minimum atomic E-state index is 0.566. The van der Waals surface area contributed by atoms with Crippen LogP contribution in [-0.2, 0) is 13.5 Å². The van der Waals surface area contributed by atoms with E-state index in [9.17, 15) is 0 Å². The molecule has 1 saturated carbocycles. The lowest BCUT2D eigenvalue weighted by atomic mass is 9.70. The molecule has 1 aliphatic carbocycles. The molecular formula is C16H29N3. The largest absolute Gasteiger partial charge is 0.317 e. The van der Waals surface area contributed by atoms with Gasteiger partial charge < -0.3 is 5.32 Å². The maximum absolute atomic E-state index is 4.25. The zero-order valence-corrected chi connectivity index (χ0v) is 12.9. The first-order chi connectivity index (χ1) is 9.02. The Morgan fingerprint density at radius 2 is 2.11 bits per heavy atom. The minimum Gasteiger partial charge on any atom is -0.317 e. The predicted molar refractivity (Wildman–Crippen MR) is 80.1 cm³/mol. The van der Waals surface area contributed by atoms with Gasteiger partial charge in [0.2, 0.25) is 0 Å². The molecule has 3 nitrogen and oxygen atoms in total. The van der Waals surface area contributed by atoms with Crippen LogP contribution in [0.25, 0.3) is 0 Å². The van der Waals surface area contributed by atoms with Crippen molar-refractivity contribution in [2.45, 2.75) is 58.4 Å². The molecule has 0 aromatic carbocycles. The van der Waals surface area contributed by atoms with Crippen molar-refractivity contribution in [3.05, 3.63) is 18.0 Å². The second kappa shape index (κ2) is 6.08. The monoisotopic (exact) mass is 263 g/mol. The van der Waals surface area contributed by atoms with Gasteiger partial charge in [0.05, 0.1) is 0 Å². The van der Waals surface area contributed by atoms with Crippen LogP contribution in [0, 0.1) is 11.3 Å². The minimum absolute atomic E-state index is 0.566. The third-order valence-electron chi connectivity index (χ3n) is 4.96. The fourth-order valence-electron chi connectivity index (χ4n) is 3.39. The second-order valence-electron chi connectivity index (χ2n) is 6.88. The van der Waals surface area contributed by atoms with Gasteiger partial charge in [-0.15, -0.1) is 0 Å². The molecule has 3 heteroatoms. The average Bonchev–Trinajstić information content (AvgIpc) is 2.77. The van der Waals surface area contributed by atoms with Gasteiger partial charge in [-0.3, -0.25) is 4.68 Å². The van der Waals surface area contributed by atoms with Crippen LogP contribution in [0.1, 0.15) is 51.6 Å². The zero-order chi connectivity index (χ0) is 13.9. The van der Waals surface area contributed by atoms with Crippen molar-refractivity contribution >= 4 is 0 Å². The smallest absolute Gasteiger partial charge is 0.0492 e. The Balaban J connectivity index is 1.85. The van der Waals surface area contributed by atoms with E-state index >= 15 is 0 Å². The lowest BCUT2D eigenvalue weighted by Gasteiger charge is -2.38. The van der Waals surface area contributed by atoms with E-state index < -0.39 is 0 Å². The number of aromatic nitrogens is 2. The molecule has 0 radical (unpaired) electrons. The first-order valence-corrected chi connectivity index (χ1v) is 7.66. The van der Waals surface area contributed by atoms with Crippen LogP contribution in [0.4, 0.5) is 0 Å². The van der Waals surface area contributed by atoms with Gasteiger partial charge in [-0.25, -0.2) is 0 Å². The molecule has 0 spiro atoms. The average molecular weight is 263 g/mol. The lowest BCUT2D eigenvalue weighted by Crippen LogP contribution is -2.37.